The second-order valence-corrected chi connectivity index (χ2v) is 4.85. The van der Waals surface area contributed by atoms with Gasteiger partial charge in [-0.1, -0.05) is 12.1 Å². The lowest BCUT2D eigenvalue weighted by Gasteiger charge is -2.18. The van der Waals surface area contributed by atoms with Gasteiger partial charge in [-0.25, -0.2) is 4.98 Å². The van der Waals surface area contributed by atoms with Crippen LogP contribution in [0.15, 0.2) is 24.3 Å². The SMILES string of the molecule is COc1nc(C(F)(F)F)nc(C(F)(F)F)c1-c1cccc(OC(F)(F)F)c1. The molecule has 0 amide bonds. The molecular weight excluding hydrogens is 399 g/mol. The first-order chi connectivity index (χ1) is 12.2. The van der Waals surface area contributed by atoms with Crippen molar-refractivity contribution in [3.63, 3.8) is 0 Å². The van der Waals surface area contributed by atoms with E-state index in [1.165, 1.54) is 0 Å². The van der Waals surface area contributed by atoms with Crippen LogP contribution in [-0.2, 0) is 12.4 Å². The van der Waals surface area contributed by atoms with Gasteiger partial charge < -0.3 is 9.47 Å². The minimum absolute atomic E-state index is 0.539. The van der Waals surface area contributed by atoms with Crippen LogP contribution in [-0.4, -0.2) is 23.4 Å². The normalized spacial score (nSPS) is 12.8. The number of hydrogen-bond acceptors (Lipinski definition) is 4. The Labute approximate surface area is 144 Å². The van der Waals surface area contributed by atoms with E-state index in [-0.39, 0.29) is 0 Å². The first kappa shape index (κ1) is 20.6. The lowest BCUT2D eigenvalue weighted by Crippen LogP contribution is -2.19. The van der Waals surface area contributed by atoms with Crippen molar-refractivity contribution in [2.45, 2.75) is 18.7 Å². The van der Waals surface area contributed by atoms with Gasteiger partial charge in [-0.2, -0.15) is 31.3 Å². The summed E-state index contributed by atoms with van der Waals surface area (Å²) in [4.78, 5) is 5.40. The van der Waals surface area contributed by atoms with E-state index >= 15 is 0 Å². The van der Waals surface area contributed by atoms with Crippen LogP contribution in [0.3, 0.4) is 0 Å². The molecule has 27 heavy (non-hydrogen) atoms. The smallest absolute Gasteiger partial charge is 0.480 e. The fourth-order valence-corrected chi connectivity index (χ4v) is 2.03. The average Bonchev–Trinajstić information content (AvgIpc) is 2.50. The number of nitrogens with zero attached hydrogens (tertiary/aromatic N) is 2. The molecule has 0 bridgehead atoms. The van der Waals surface area contributed by atoms with Gasteiger partial charge in [0.2, 0.25) is 11.7 Å². The number of rotatable bonds is 3. The van der Waals surface area contributed by atoms with Crippen LogP contribution >= 0.6 is 0 Å². The van der Waals surface area contributed by atoms with Crippen molar-refractivity contribution >= 4 is 0 Å². The molecule has 0 aliphatic heterocycles. The second kappa shape index (κ2) is 6.78. The second-order valence-electron chi connectivity index (χ2n) is 4.85. The number of methoxy groups -OCH3 is 1. The fraction of sp³-hybridized carbons (Fsp3) is 0.286. The van der Waals surface area contributed by atoms with E-state index in [4.69, 9.17) is 0 Å². The molecule has 0 radical (unpaired) electrons. The number of benzene rings is 1. The van der Waals surface area contributed by atoms with Crippen molar-refractivity contribution in [2.24, 2.45) is 0 Å². The molecule has 0 spiro atoms. The average molecular weight is 406 g/mol. The summed E-state index contributed by atoms with van der Waals surface area (Å²) >= 11 is 0. The van der Waals surface area contributed by atoms with Crippen LogP contribution in [0.25, 0.3) is 11.1 Å². The van der Waals surface area contributed by atoms with E-state index in [9.17, 15) is 39.5 Å². The van der Waals surface area contributed by atoms with Gasteiger partial charge in [-0.15, -0.1) is 13.2 Å². The standard InChI is InChI=1S/C14H7F9N2O2/c1-26-10-8(6-3-2-4-7(5-6)27-14(21,22)23)9(12(15,16)17)24-11(25-10)13(18,19)20/h2-5H,1H3. The summed E-state index contributed by atoms with van der Waals surface area (Å²) in [7, 11) is 0.752. The van der Waals surface area contributed by atoms with E-state index in [0.29, 0.717) is 6.07 Å². The Morgan fingerprint density at radius 3 is 1.96 bits per heavy atom. The molecule has 1 aromatic heterocycles. The van der Waals surface area contributed by atoms with Gasteiger partial charge in [-0.05, 0) is 17.7 Å². The zero-order valence-electron chi connectivity index (χ0n) is 12.9. The first-order valence-corrected chi connectivity index (χ1v) is 6.69. The summed E-state index contributed by atoms with van der Waals surface area (Å²) < 4.78 is 123. The molecule has 2 aromatic rings. The van der Waals surface area contributed by atoms with Crippen LogP contribution in [0.5, 0.6) is 11.6 Å². The number of alkyl halides is 9. The van der Waals surface area contributed by atoms with Gasteiger partial charge in [0.25, 0.3) is 0 Å². The van der Waals surface area contributed by atoms with Gasteiger partial charge in [0.15, 0.2) is 5.69 Å². The predicted octanol–water partition coefficient (Wildman–Crippen LogP) is 5.09. The fourth-order valence-electron chi connectivity index (χ4n) is 2.03. The molecule has 2 rings (SSSR count). The van der Waals surface area contributed by atoms with Crippen molar-refractivity contribution in [3.05, 3.63) is 35.8 Å². The van der Waals surface area contributed by atoms with E-state index in [0.717, 1.165) is 25.3 Å². The Morgan fingerprint density at radius 2 is 1.48 bits per heavy atom. The summed E-state index contributed by atoms with van der Waals surface area (Å²) in [6, 6.07) is 3.15. The highest BCUT2D eigenvalue weighted by Crippen LogP contribution is 2.43. The maximum Gasteiger partial charge on any atom is 0.573 e. The lowest BCUT2D eigenvalue weighted by atomic mass is 10.0. The van der Waals surface area contributed by atoms with Crippen LogP contribution in [0.1, 0.15) is 11.5 Å². The van der Waals surface area contributed by atoms with Gasteiger partial charge >= 0.3 is 18.7 Å². The molecule has 0 aliphatic rings. The molecule has 0 unspecified atom stereocenters. The molecular formula is C14H7F9N2O2. The highest BCUT2D eigenvalue weighted by molar-refractivity contribution is 5.72. The largest absolute Gasteiger partial charge is 0.573 e. The molecule has 0 aliphatic carbocycles. The highest BCUT2D eigenvalue weighted by atomic mass is 19.4. The number of halogens is 9. The highest BCUT2D eigenvalue weighted by Gasteiger charge is 2.43. The molecule has 1 heterocycles. The summed E-state index contributed by atoms with van der Waals surface area (Å²) in [6.45, 7) is 0. The Kier molecular flexibility index (Phi) is 5.16. The van der Waals surface area contributed by atoms with Crippen molar-refractivity contribution in [1.29, 1.82) is 0 Å². The molecule has 0 fully saturated rings. The van der Waals surface area contributed by atoms with Gasteiger partial charge in [-0.3, -0.25) is 0 Å². The number of hydrogen-bond donors (Lipinski definition) is 0. The van der Waals surface area contributed by atoms with Gasteiger partial charge in [0, 0.05) is 0 Å². The van der Waals surface area contributed by atoms with Crippen LogP contribution in [0.2, 0.25) is 0 Å². The Bertz CT molecular complexity index is 829. The van der Waals surface area contributed by atoms with Crippen molar-refractivity contribution in [1.82, 2.24) is 9.97 Å². The van der Waals surface area contributed by atoms with Gasteiger partial charge in [0.05, 0.1) is 12.7 Å². The molecule has 148 valence electrons. The summed E-state index contributed by atoms with van der Waals surface area (Å²) in [5, 5.41) is 0. The quantitative estimate of drug-likeness (QED) is 0.667. The third kappa shape index (κ3) is 4.92. The van der Waals surface area contributed by atoms with Crippen molar-refractivity contribution in [3.8, 4) is 22.8 Å². The van der Waals surface area contributed by atoms with E-state index < -0.39 is 53.0 Å². The summed E-state index contributed by atoms with van der Waals surface area (Å²) in [5.41, 5.74) is -3.67. The van der Waals surface area contributed by atoms with Crippen LogP contribution < -0.4 is 9.47 Å². The third-order valence-electron chi connectivity index (χ3n) is 2.95. The number of ether oxygens (including phenoxy) is 2. The molecule has 0 saturated heterocycles. The van der Waals surface area contributed by atoms with E-state index in [1.807, 2.05) is 0 Å². The zero-order chi connectivity index (χ0) is 20.6. The lowest BCUT2D eigenvalue weighted by molar-refractivity contribution is -0.274. The number of aromatic nitrogens is 2. The van der Waals surface area contributed by atoms with Crippen molar-refractivity contribution in [2.75, 3.05) is 7.11 Å². The maximum absolute atomic E-state index is 13.3. The molecule has 0 atom stereocenters. The third-order valence-corrected chi connectivity index (χ3v) is 2.95. The van der Waals surface area contributed by atoms with Gasteiger partial charge in [0.1, 0.15) is 5.75 Å². The predicted molar refractivity (Wildman–Crippen MR) is 70.7 cm³/mol. The Balaban J connectivity index is 2.74. The Hall–Kier alpha value is -2.73. The first-order valence-electron chi connectivity index (χ1n) is 6.69. The van der Waals surface area contributed by atoms with E-state index in [1.54, 1.807) is 0 Å². The van der Waals surface area contributed by atoms with Crippen LogP contribution in [0.4, 0.5) is 39.5 Å². The molecule has 1 aromatic carbocycles. The zero-order valence-corrected chi connectivity index (χ0v) is 12.9. The van der Waals surface area contributed by atoms with E-state index in [2.05, 4.69) is 19.4 Å². The Morgan fingerprint density at radius 1 is 0.852 bits per heavy atom. The topological polar surface area (TPSA) is 44.2 Å². The minimum Gasteiger partial charge on any atom is -0.480 e. The summed E-state index contributed by atoms with van der Waals surface area (Å²) in [5.74, 6) is -4.12. The monoisotopic (exact) mass is 406 g/mol. The molecule has 4 nitrogen and oxygen atoms in total. The maximum atomic E-state index is 13.3. The summed E-state index contributed by atoms with van der Waals surface area (Å²) in [6.07, 6.45) is -15.8. The van der Waals surface area contributed by atoms with Crippen LogP contribution in [0, 0.1) is 0 Å². The van der Waals surface area contributed by atoms with Crippen molar-refractivity contribution < 1.29 is 49.0 Å². The molecule has 13 heteroatoms. The molecule has 0 saturated carbocycles. The molecule has 0 N–H and O–H groups in total. The minimum atomic E-state index is -5.38.